The summed E-state index contributed by atoms with van der Waals surface area (Å²) in [5, 5.41) is 0. The number of nitrogens with zero attached hydrogens (tertiary/aromatic N) is 1. The third-order valence-corrected chi connectivity index (χ3v) is 2.67. The van der Waals surface area contributed by atoms with Gasteiger partial charge in [-0.1, -0.05) is 13.3 Å². The second-order valence-corrected chi connectivity index (χ2v) is 4.22. The number of unbranched alkanes of at least 4 members (excludes halogenated alkanes) is 1. The number of rotatable bonds is 7. The molecule has 1 aromatic rings. The summed E-state index contributed by atoms with van der Waals surface area (Å²) in [4.78, 5) is 13.4. The third kappa shape index (κ3) is 5.17. The first-order valence-electron chi connectivity index (χ1n) is 6.25. The number of amides is 1. The monoisotopic (exact) mass is 253 g/mol. The van der Waals surface area contributed by atoms with Gasteiger partial charge in [0.2, 0.25) is 5.91 Å². The molecule has 18 heavy (non-hydrogen) atoms. The van der Waals surface area contributed by atoms with Crippen LogP contribution in [-0.4, -0.2) is 31.0 Å². The summed E-state index contributed by atoms with van der Waals surface area (Å²) in [5.74, 6) is 0.365. The zero-order valence-electron chi connectivity index (χ0n) is 11.0. The third-order valence-electron chi connectivity index (χ3n) is 2.67. The van der Waals surface area contributed by atoms with Crippen LogP contribution in [-0.2, 0) is 4.79 Å². The maximum atomic E-state index is 12.6. The van der Waals surface area contributed by atoms with E-state index in [4.69, 9.17) is 4.74 Å². The predicted octanol–water partition coefficient (Wildman–Crippen LogP) is 2.85. The molecule has 1 amide bonds. The van der Waals surface area contributed by atoms with E-state index in [0.717, 1.165) is 19.4 Å². The van der Waals surface area contributed by atoms with E-state index in [1.807, 2.05) is 0 Å². The molecular weight excluding hydrogens is 233 g/mol. The lowest BCUT2D eigenvalue weighted by Crippen LogP contribution is -2.28. The fourth-order valence-corrected chi connectivity index (χ4v) is 1.50. The molecule has 1 rings (SSSR count). The fourth-order valence-electron chi connectivity index (χ4n) is 1.50. The molecule has 1 aromatic carbocycles. The van der Waals surface area contributed by atoms with Gasteiger partial charge in [0.15, 0.2) is 0 Å². The first-order chi connectivity index (χ1) is 8.63. The SMILES string of the molecule is CCCCN(C)C(=O)CCOc1ccc(F)cc1. The van der Waals surface area contributed by atoms with E-state index in [0.29, 0.717) is 18.8 Å². The number of benzene rings is 1. The maximum absolute atomic E-state index is 12.6. The van der Waals surface area contributed by atoms with Crippen LogP contribution in [0, 0.1) is 5.82 Å². The summed E-state index contributed by atoms with van der Waals surface area (Å²) in [6.07, 6.45) is 2.43. The first-order valence-corrected chi connectivity index (χ1v) is 6.25. The molecule has 3 nitrogen and oxygen atoms in total. The van der Waals surface area contributed by atoms with Gasteiger partial charge >= 0.3 is 0 Å². The van der Waals surface area contributed by atoms with Crippen molar-refractivity contribution in [3.63, 3.8) is 0 Å². The quantitative estimate of drug-likeness (QED) is 0.747. The lowest BCUT2D eigenvalue weighted by molar-refractivity contribution is -0.130. The van der Waals surface area contributed by atoms with Gasteiger partial charge in [-0.3, -0.25) is 4.79 Å². The molecule has 0 bridgehead atoms. The summed E-state index contributed by atoms with van der Waals surface area (Å²) >= 11 is 0. The highest BCUT2D eigenvalue weighted by Gasteiger charge is 2.07. The van der Waals surface area contributed by atoms with Gasteiger partial charge < -0.3 is 9.64 Å². The van der Waals surface area contributed by atoms with E-state index in [1.165, 1.54) is 12.1 Å². The van der Waals surface area contributed by atoms with Crippen molar-refractivity contribution in [2.45, 2.75) is 26.2 Å². The van der Waals surface area contributed by atoms with Crippen molar-refractivity contribution >= 4 is 5.91 Å². The van der Waals surface area contributed by atoms with Crippen LogP contribution in [0.5, 0.6) is 5.75 Å². The van der Waals surface area contributed by atoms with Gasteiger partial charge in [0.25, 0.3) is 0 Å². The second kappa shape index (κ2) is 7.69. The molecule has 100 valence electrons. The van der Waals surface area contributed by atoms with Gasteiger partial charge in [-0.05, 0) is 30.7 Å². The molecule has 0 fully saturated rings. The highest BCUT2D eigenvalue weighted by molar-refractivity contribution is 5.75. The number of carbonyl (C=O) groups excluding carboxylic acids is 1. The Hall–Kier alpha value is -1.58. The molecule has 0 aliphatic rings. The van der Waals surface area contributed by atoms with Crippen molar-refractivity contribution in [3.8, 4) is 5.75 Å². The molecule has 0 radical (unpaired) electrons. The minimum Gasteiger partial charge on any atom is -0.493 e. The molecular formula is C14H20FNO2. The van der Waals surface area contributed by atoms with Crippen LogP contribution < -0.4 is 4.74 Å². The largest absolute Gasteiger partial charge is 0.493 e. The molecule has 4 heteroatoms. The molecule has 0 saturated carbocycles. The summed E-state index contributed by atoms with van der Waals surface area (Å²) in [7, 11) is 1.80. The van der Waals surface area contributed by atoms with Crippen LogP contribution in [0.4, 0.5) is 4.39 Å². The van der Waals surface area contributed by atoms with Crippen molar-refractivity contribution in [1.82, 2.24) is 4.90 Å². The number of ether oxygens (including phenoxy) is 1. The van der Waals surface area contributed by atoms with Crippen LogP contribution in [0.25, 0.3) is 0 Å². The van der Waals surface area contributed by atoms with Crippen LogP contribution in [0.15, 0.2) is 24.3 Å². The van der Waals surface area contributed by atoms with Crippen molar-refractivity contribution in [1.29, 1.82) is 0 Å². The lowest BCUT2D eigenvalue weighted by atomic mass is 10.3. The Morgan fingerprint density at radius 1 is 1.33 bits per heavy atom. The van der Waals surface area contributed by atoms with E-state index >= 15 is 0 Å². The minimum absolute atomic E-state index is 0.0746. The number of hydrogen-bond donors (Lipinski definition) is 0. The zero-order chi connectivity index (χ0) is 13.4. The van der Waals surface area contributed by atoms with Gasteiger partial charge in [-0.25, -0.2) is 4.39 Å². The Bertz CT molecular complexity index is 365. The summed E-state index contributed by atoms with van der Waals surface area (Å²) in [5.41, 5.74) is 0. The number of carbonyl (C=O) groups is 1. The Kier molecular flexibility index (Phi) is 6.19. The first kappa shape index (κ1) is 14.5. The van der Waals surface area contributed by atoms with Gasteiger partial charge in [0.1, 0.15) is 11.6 Å². The van der Waals surface area contributed by atoms with Crippen molar-refractivity contribution in [3.05, 3.63) is 30.1 Å². The van der Waals surface area contributed by atoms with E-state index in [9.17, 15) is 9.18 Å². The Balaban J connectivity index is 2.24. The Morgan fingerprint density at radius 3 is 2.61 bits per heavy atom. The van der Waals surface area contributed by atoms with Crippen molar-refractivity contribution < 1.29 is 13.9 Å². The molecule has 0 aromatic heterocycles. The minimum atomic E-state index is -0.294. The van der Waals surface area contributed by atoms with Gasteiger partial charge in [-0.15, -0.1) is 0 Å². The molecule has 0 aliphatic carbocycles. The number of hydrogen-bond acceptors (Lipinski definition) is 2. The maximum Gasteiger partial charge on any atom is 0.225 e. The molecule has 0 saturated heterocycles. The average Bonchev–Trinajstić information content (AvgIpc) is 2.38. The van der Waals surface area contributed by atoms with Crippen molar-refractivity contribution in [2.75, 3.05) is 20.2 Å². The molecule has 0 unspecified atom stereocenters. The van der Waals surface area contributed by atoms with E-state index < -0.39 is 0 Å². The van der Waals surface area contributed by atoms with Crippen LogP contribution in [0.2, 0.25) is 0 Å². The lowest BCUT2D eigenvalue weighted by Gasteiger charge is -2.16. The molecule has 0 atom stereocenters. The van der Waals surface area contributed by atoms with Crippen LogP contribution >= 0.6 is 0 Å². The van der Waals surface area contributed by atoms with Gasteiger partial charge in [0.05, 0.1) is 13.0 Å². The summed E-state index contributed by atoms with van der Waals surface area (Å²) in [6.45, 7) is 3.20. The Morgan fingerprint density at radius 2 is 2.00 bits per heavy atom. The summed E-state index contributed by atoms with van der Waals surface area (Å²) in [6, 6.07) is 5.79. The van der Waals surface area contributed by atoms with Gasteiger partial charge in [0, 0.05) is 13.6 Å². The standard InChI is InChI=1S/C14H20FNO2/c1-3-4-10-16(2)14(17)9-11-18-13-7-5-12(15)6-8-13/h5-8H,3-4,9-11H2,1-2H3. The topological polar surface area (TPSA) is 29.5 Å². The van der Waals surface area contributed by atoms with E-state index in [1.54, 1.807) is 24.1 Å². The van der Waals surface area contributed by atoms with Crippen molar-refractivity contribution in [2.24, 2.45) is 0 Å². The second-order valence-electron chi connectivity index (χ2n) is 4.22. The average molecular weight is 253 g/mol. The smallest absolute Gasteiger partial charge is 0.225 e. The normalized spacial score (nSPS) is 10.2. The fraction of sp³-hybridized carbons (Fsp3) is 0.500. The molecule has 0 spiro atoms. The van der Waals surface area contributed by atoms with E-state index in [-0.39, 0.29) is 11.7 Å². The zero-order valence-corrected chi connectivity index (χ0v) is 11.0. The molecule has 0 heterocycles. The van der Waals surface area contributed by atoms with Gasteiger partial charge in [-0.2, -0.15) is 0 Å². The molecule has 0 N–H and O–H groups in total. The predicted molar refractivity (Wildman–Crippen MR) is 69.1 cm³/mol. The summed E-state index contributed by atoms with van der Waals surface area (Å²) < 4.78 is 18.0. The Labute approximate surface area is 108 Å². The van der Waals surface area contributed by atoms with E-state index in [2.05, 4.69) is 6.92 Å². The molecule has 0 aliphatic heterocycles. The highest BCUT2D eigenvalue weighted by Crippen LogP contribution is 2.11. The number of halogens is 1. The van der Waals surface area contributed by atoms with Crippen LogP contribution in [0.3, 0.4) is 0 Å². The highest BCUT2D eigenvalue weighted by atomic mass is 19.1. The van der Waals surface area contributed by atoms with Crippen LogP contribution in [0.1, 0.15) is 26.2 Å².